The van der Waals surface area contributed by atoms with Crippen molar-refractivity contribution in [2.24, 2.45) is 0 Å². The van der Waals surface area contributed by atoms with Crippen molar-refractivity contribution in [1.29, 1.82) is 0 Å². The van der Waals surface area contributed by atoms with Gasteiger partial charge in [-0.25, -0.2) is 12.8 Å². The van der Waals surface area contributed by atoms with Gasteiger partial charge < -0.3 is 14.5 Å². The third-order valence-corrected chi connectivity index (χ3v) is 7.79. The Morgan fingerprint density at radius 3 is 2.46 bits per heavy atom. The predicted octanol–water partition coefficient (Wildman–Crippen LogP) is 1.43. The highest BCUT2D eigenvalue weighted by Gasteiger charge is 2.36. The topological polar surface area (TPSA) is 70.2 Å². The van der Waals surface area contributed by atoms with Gasteiger partial charge >= 0.3 is 0 Å². The average molecular weight is 414 g/mol. The van der Waals surface area contributed by atoms with Crippen molar-refractivity contribution in [3.05, 3.63) is 29.6 Å². The van der Waals surface area contributed by atoms with Gasteiger partial charge in [0.05, 0.1) is 18.5 Å². The number of anilines is 1. The van der Waals surface area contributed by atoms with Gasteiger partial charge in [0.15, 0.2) is 0 Å². The molecular formula is C19H28FN3O4S. The minimum absolute atomic E-state index is 0.0125. The molecule has 2 saturated heterocycles. The van der Waals surface area contributed by atoms with E-state index in [2.05, 4.69) is 0 Å². The summed E-state index contributed by atoms with van der Waals surface area (Å²) >= 11 is 0. The summed E-state index contributed by atoms with van der Waals surface area (Å²) in [6.07, 6.45) is 0. The Morgan fingerprint density at radius 1 is 1.18 bits per heavy atom. The van der Waals surface area contributed by atoms with Crippen molar-refractivity contribution in [3.8, 4) is 0 Å². The van der Waals surface area contributed by atoms with Crippen LogP contribution in [0.3, 0.4) is 0 Å². The molecule has 0 radical (unpaired) electrons. The van der Waals surface area contributed by atoms with E-state index in [0.717, 1.165) is 5.69 Å². The minimum atomic E-state index is -3.55. The van der Waals surface area contributed by atoms with E-state index in [4.69, 9.17) is 4.74 Å². The van der Waals surface area contributed by atoms with E-state index in [0.29, 0.717) is 38.3 Å². The normalized spacial score (nSPS) is 26.1. The highest BCUT2D eigenvalue weighted by Crippen LogP contribution is 2.25. The first-order chi connectivity index (χ1) is 13.2. The maximum absolute atomic E-state index is 14.8. The van der Waals surface area contributed by atoms with Crippen molar-refractivity contribution in [3.63, 3.8) is 0 Å². The molecule has 156 valence electrons. The van der Waals surface area contributed by atoms with Crippen molar-refractivity contribution < 1.29 is 22.3 Å². The van der Waals surface area contributed by atoms with Crippen LogP contribution >= 0.6 is 0 Å². The SMILES string of the molecule is CC(=O)N1CCN(c2ccc(CN3[C@@H](C)COCC(C)S3(=O)=O)c(F)c2)CC1. The number of amides is 1. The first-order valence-corrected chi connectivity index (χ1v) is 11.1. The van der Waals surface area contributed by atoms with Crippen LogP contribution in [0, 0.1) is 5.82 Å². The zero-order valence-electron chi connectivity index (χ0n) is 16.6. The third-order valence-electron chi connectivity index (χ3n) is 5.49. The van der Waals surface area contributed by atoms with Gasteiger partial charge in [0.2, 0.25) is 15.9 Å². The molecule has 2 aliphatic heterocycles. The van der Waals surface area contributed by atoms with Gasteiger partial charge in [0.25, 0.3) is 0 Å². The van der Waals surface area contributed by atoms with Crippen molar-refractivity contribution in [2.45, 2.75) is 38.6 Å². The Labute approximate surface area is 166 Å². The average Bonchev–Trinajstić information content (AvgIpc) is 2.74. The monoisotopic (exact) mass is 413 g/mol. The van der Waals surface area contributed by atoms with E-state index in [1.807, 2.05) is 11.0 Å². The Kier molecular flexibility index (Phi) is 6.26. The summed E-state index contributed by atoms with van der Waals surface area (Å²) in [7, 11) is -3.55. The quantitative estimate of drug-likeness (QED) is 0.750. The van der Waals surface area contributed by atoms with Gasteiger partial charge in [-0.2, -0.15) is 4.31 Å². The molecule has 0 aromatic heterocycles. The summed E-state index contributed by atoms with van der Waals surface area (Å²) in [4.78, 5) is 15.3. The molecule has 1 aromatic rings. The number of hydrogen-bond donors (Lipinski definition) is 0. The molecule has 2 aliphatic rings. The molecule has 1 unspecified atom stereocenters. The number of halogens is 1. The summed E-state index contributed by atoms with van der Waals surface area (Å²) in [6, 6.07) is 4.57. The summed E-state index contributed by atoms with van der Waals surface area (Å²) in [5, 5.41) is -0.655. The van der Waals surface area contributed by atoms with Crippen LogP contribution in [0.1, 0.15) is 26.3 Å². The molecule has 7 nitrogen and oxygen atoms in total. The minimum Gasteiger partial charge on any atom is -0.378 e. The smallest absolute Gasteiger partial charge is 0.219 e. The highest BCUT2D eigenvalue weighted by molar-refractivity contribution is 7.89. The molecule has 0 bridgehead atoms. The van der Waals surface area contributed by atoms with Crippen LogP contribution in [0.15, 0.2) is 18.2 Å². The van der Waals surface area contributed by atoms with Gasteiger partial charge in [0.1, 0.15) is 5.82 Å². The standard InChI is InChI=1S/C19H28FN3O4S/c1-14-12-27-13-15(2)28(25,26)23(14)11-17-4-5-18(10-19(17)20)22-8-6-21(7-9-22)16(3)24/h4-5,10,14-15H,6-9,11-13H2,1-3H3/t14-,15?/m0/s1. The van der Waals surface area contributed by atoms with E-state index in [1.165, 1.54) is 10.4 Å². The lowest BCUT2D eigenvalue weighted by atomic mass is 10.1. The number of ether oxygens (including phenoxy) is 1. The number of benzene rings is 1. The van der Waals surface area contributed by atoms with E-state index >= 15 is 0 Å². The van der Waals surface area contributed by atoms with Crippen LogP contribution in [-0.2, 0) is 26.1 Å². The summed E-state index contributed by atoms with van der Waals surface area (Å²) in [5.74, 6) is -0.376. The molecule has 0 N–H and O–H groups in total. The van der Waals surface area contributed by atoms with Crippen molar-refractivity contribution in [2.75, 3.05) is 44.3 Å². The van der Waals surface area contributed by atoms with E-state index in [9.17, 15) is 17.6 Å². The number of rotatable bonds is 3. The van der Waals surface area contributed by atoms with E-state index in [1.54, 1.807) is 31.7 Å². The number of carbonyl (C=O) groups excluding carboxylic acids is 1. The van der Waals surface area contributed by atoms with Crippen LogP contribution in [0.4, 0.5) is 10.1 Å². The fourth-order valence-corrected chi connectivity index (χ4v) is 5.22. The zero-order valence-corrected chi connectivity index (χ0v) is 17.4. The Hall–Kier alpha value is -1.71. The third kappa shape index (κ3) is 4.31. The fraction of sp³-hybridized carbons (Fsp3) is 0.632. The Morgan fingerprint density at radius 2 is 1.86 bits per heavy atom. The molecule has 9 heteroatoms. The number of piperazine rings is 1. The van der Waals surface area contributed by atoms with Crippen molar-refractivity contribution in [1.82, 2.24) is 9.21 Å². The Bertz CT molecular complexity index is 824. The van der Waals surface area contributed by atoms with Crippen LogP contribution < -0.4 is 4.90 Å². The first-order valence-electron chi connectivity index (χ1n) is 9.57. The highest BCUT2D eigenvalue weighted by atomic mass is 32.2. The van der Waals surface area contributed by atoms with Crippen LogP contribution in [-0.4, -0.2) is 74.2 Å². The van der Waals surface area contributed by atoms with Gasteiger partial charge in [-0.05, 0) is 26.0 Å². The summed E-state index contributed by atoms with van der Waals surface area (Å²) in [6.45, 7) is 7.88. The van der Waals surface area contributed by atoms with Crippen LogP contribution in [0.2, 0.25) is 0 Å². The van der Waals surface area contributed by atoms with Gasteiger partial charge in [-0.1, -0.05) is 6.07 Å². The lowest BCUT2D eigenvalue weighted by Gasteiger charge is -2.35. The lowest BCUT2D eigenvalue weighted by molar-refractivity contribution is -0.129. The van der Waals surface area contributed by atoms with E-state index < -0.39 is 21.1 Å². The number of hydrogen-bond acceptors (Lipinski definition) is 5. The molecule has 1 amide bonds. The first kappa shape index (κ1) is 21.0. The Balaban J connectivity index is 1.75. The largest absolute Gasteiger partial charge is 0.378 e. The molecule has 0 aliphatic carbocycles. The van der Waals surface area contributed by atoms with Crippen LogP contribution in [0.5, 0.6) is 0 Å². The predicted molar refractivity (Wildman–Crippen MR) is 105 cm³/mol. The number of nitrogens with zero attached hydrogens (tertiary/aromatic N) is 3. The maximum atomic E-state index is 14.8. The van der Waals surface area contributed by atoms with Gasteiger partial charge in [-0.15, -0.1) is 0 Å². The van der Waals surface area contributed by atoms with Crippen molar-refractivity contribution >= 4 is 21.6 Å². The lowest BCUT2D eigenvalue weighted by Crippen LogP contribution is -2.48. The molecule has 2 heterocycles. The number of sulfonamides is 1. The molecule has 0 saturated carbocycles. The molecule has 2 atom stereocenters. The zero-order chi connectivity index (χ0) is 20.5. The van der Waals surface area contributed by atoms with E-state index in [-0.39, 0.29) is 25.1 Å². The van der Waals surface area contributed by atoms with Gasteiger partial charge in [-0.3, -0.25) is 4.79 Å². The molecule has 2 fully saturated rings. The summed E-state index contributed by atoms with van der Waals surface area (Å²) in [5.41, 5.74) is 1.09. The maximum Gasteiger partial charge on any atom is 0.219 e. The fourth-order valence-electron chi connectivity index (χ4n) is 3.61. The number of carbonyl (C=O) groups is 1. The molecule has 28 heavy (non-hydrogen) atoms. The molecular weight excluding hydrogens is 385 g/mol. The van der Waals surface area contributed by atoms with Crippen LogP contribution in [0.25, 0.3) is 0 Å². The second-order valence-electron chi connectivity index (χ2n) is 7.56. The summed E-state index contributed by atoms with van der Waals surface area (Å²) < 4.78 is 47.1. The molecule has 3 rings (SSSR count). The second kappa shape index (κ2) is 8.34. The molecule has 1 aromatic carbocycles. The molecule has 0 spiro atoms. The second-order valence-corrected chi connectivity index (χ2v) is 9.86. The van der Waals surface area contributed by atoms with Gasteiger partial charge in [0, 0.05) is 56.9 Å².